The molecule has 0 saturated carbocycles. The van der Waals surface area contributed by atoms with Gasteiger partial charge in [-0.05, 0) is 36.2 Å². The quantitative estimate of drug-likeness (QED) is 0.301. The second kappa shape index (κ2) is 10.2. The van der Waals surface area contributed by atoms with Gasteiger partial charge < -0.3 is 15.5 Å². The first-order valence-electron chi connectivity index (χ1n) is 10.9. The summed E-state index contributed by atoms with van der Waals surface area (Å²) in [6.07, 6.45) is 2.79. The van der Waals surface area contributed by atoms with Crippen molar-refractivity contribution >= 4 is 27.3 Å². The lowest BCUT2D eigenvalue weighted by molar-refractivity contribution is 0.0689. The largest absolute Gasteiger partial charge is 0.507 e. The Morgan fingerprint density at radius 3 is 2.47 bits per heavy atom. The first kappa shape index (κ1) is 25.5. The Balaban J connectivity index is 1.47. The van der Waals surface area contributed by atoms with Crippen LogP contribution in [-0.2, 0) is 9.84 Å². The van der Waals surface area contributed by atoms with E-state index < -0.39 is 26.7 Å². The second-order valence-corrected chi connectivity index (χ2v) is 11.8. The summed E-state index contributed by atoms with van der Waals surface area (Å²) >= 11 is 1.27. The number of aliphatic hydroxyl groups is 1. The maximum Gasteiger partial charge on any atom is 0.255 e. The number of aliphatic hydroxyl groups excluding tert-OH is 1. The Morgan fingerprint density at radius 1 is 1.14 bits per heavy atom. The standard InChI is InChI=1S/C24H25N5O5S2/c1-24(36(2,33)34,15-25-23(32)19-5-3-4-6-21(19)30)11-22(31)29-13-18(12-26-29)16-7-9-17(10-8-16)20-14-35-28-27-20/h3-10,12-14,22,30-31H,11,15H2,1-2H3,(H,25,32). The third-order valence-electron chi connectivity index (χ3n) is 6.06. The maximum absolute atomic E-state index is 12.6. The van der Waals surface area contributed by atoms with Gasteiger partial charge in [-0.1, -0.05) is 40.9 Å². The van der Waals surface area contributed by atoms with Crippen molar-refractivity contribution in [2.75, 3.05) is 12.8 Å². The summed E-state index contributed by atoms with van der Waals surface area (Å²) in [4.78, 5) is 12.5. The Hall–Kier alpha value is -3.61. The SMILES string of the molecule is CC(CNC(=O)c1ccccc1O)(CC(O)n1cc(-c2ccc(-c3csnn3)cc2)cn1)S(C)(=O)=O. The van der Waals surface area contributed by atoms with Crippen molar-refractivity contribution in [2.24, 2.45) is 0 Å². The van der Waals surface area contributed by atoms with Crippen molar-refractivity contribution in [1.82, 2.24) is 24.7 Å². The molecule has 2 unspecified atom stereocenters. The fourth-order valence-corrected chi connectivity index (χ4v) is 4.89. The van der Waals surface area contributed by atoms with Gasteiger partial charge in [-0.25, -0.2) is 13.1 Å². The summed E-state index contributed by atoms with van der Waals surface area (Å²) in [6.45, 7) is 1.18. The predicted molar refractivity (Wildman–Crippen MR) is 136 cm³/mol. The van der Waals surface area contributed by atoms with Crippen molar-refractivity contribution in [1.29, 1.82) is 0 Å². The van der Waals surface area contributed by atoms with E-state index in [0.29, 0.717) is 0 Å². The molecular formula is C24H25N5O5S2. The first-order valence-corrected chi connectivity index (χ1v) is 13.7. The Kier molecular flexibility index (Phi) is 7.20. The van der Waals surface area contributed by atoms with Crippen molar-refractivity contribution in [2.45, 2.75) is 24.3 Å². The summed E-state index contributed by atoms with van der Waals surface area (Å²) in [5.74, 6) is -0.827. The highest BCUT2D eigenvalue weighted by atomic mass is 32.2. The van der Waals surface area contributed by atoms with E-state index >= 15 is 0 Å². The number of rotatable bonds is 9. The molecule has 0 aliphatic carbocycles. The molecule has 10 nitrogen and oxygen atoms in total. The van der Waals surface area contributed by atoms with Crippen LogP contribution in [0.3, 0.4) is 0 Å². The van der Waals surface area contributed by atoms with Gasteiger partial charge in [0, 0.05) is 41.9 Å². The minimum atomic E-state index is -3.72. The lowest BCUT2D eigenvalue weighted by atomic mass is 10.0. The molecule has 4 rings (SSSR count). The number of benzene rings is 2. The predicted octanol–water partition coefficient (Wildman–Crippen LogP) is 2.89. The second-order valence-electron chi connectivity index (χ2n) is 8.68. The highest BCUT2D eigenvalue weighted by molar-refractivity contribution is 7.92. The lowest BCUT2D eigenvalue weighted by Crippen LogP contribution is -2.47. The number of sulfone groups is 1. The molecular weight excluding hydrogens is 502 g/mol. The van der Waals surface area contributed by atoms with E-state index in [2.05, 4.69) is 20.0 Å². The van der Waals surface area contributed by atoms with Crippen LogP contribution in [0.5, 0.6) is 5.75 Å². The van der Waals surface area contributed by atoms with Crippen LogP contribution < -0.4 is 5.32 Å². The number of nitrogens with one attached hydrogen (secondary N) is 1. The highest BCUT2D eigenvalue weighted by Gasteiger charge is 2.39. The topological polar surface area (TPSA) is 147 Å². The molecule has 1 amide bonds. The van der Waals surface area contributed by atoms with E-state index in [1.807, 2.05) is 29.6 Å². The molecule has 0 spiro atoms. The van der Waals surface area contributed by atoms with Gasteiger partial charge in [-0.15, -0.1) is 5.10 Å². The fourth-order valence-electron chi connectivity index (χ4n) is 3.64. The minimum absolute atomic E-state index is 0.0303. The Bertz CT molecular complexity index is 1450. The Labute approximate surface area is 212 Å². The maximum atomic E-state index is 12.6. The van der Waals surface area contributed by atoms with Crippen LogP contribution in [-0.4, -0.2) is 61.5 Å². The summed E-state index contributed by atoms with van der Waals surface area (Å²) in [7, 11) is -3.72. The number of aromatic hydroxyl groups is 1. The number of hydrogen-bond donors (Lipinski definition) is 3. The van der Waals surface area contributed by atoms with Gasteiger partial charge in [-0.3, -0.25) is 4.79 Å². The van der Waals surface area contributed by atoms with E-state index in [4.69, 9.17) is 0 Å². The van der Waals surface area contributed by atoms with E-state index in [0.717, 1.165) is 28.6 Å². The van der Waals surface area contributed by atoms with Gasteiger partial charge >= 0.3 is 0 Å². The number of carbonyl (C=O) groups excluding carboxylic acids is 1. The van der Waals surface area contributed by atoms with Crippen molar-refractivity contribution in [3.05, 3.63) is 71.9 Å². The third-order valence-corrected chi connectivity index (χ3v) is 8.67. The van der Waals surface area contributed by atoms with Gasteiger partial charge in [0.25, 0.3) is 5.91 Å². The monoisotopic (exact) mass is 527 g/mol. The molecule has 0 aliphatic rings. The van der Waals surface area contributed by atoms with Crippen LogP contribution in [0.15, 0.2) is 66.3 Å². The van der Waals surface area contributed by atoms with E-state index in [-0.39, 0.29) is 24.3 Å². The minimum Gasteiger partial charge on any atom is -0.507 e. The van der Waals surface area contributed by atoms with Gasteiger partial charge in [0.05, 0.1) is 16.5 Å². The molecule has 2 aromatic heterocycles. The lowest BCUT2D eigenvalue weighted by Gasteiger charge is -2.30. The van der Waals surface area contributed by atoms with Crippen LogP contribution in [0, 0.1) is 0 Å². The number of carbonyl (C=O) groups is 1. The highest BCUT2D eigenvalue weighted by Crippen LogP contribution is 2.29. The summed E-state index contributed by atoms with van der Waals surface area (Å²) in [5.41, 5.74) is 3.34. The number of phenols is 1. The van der Waals surface area contributed by atoms with Crippen LogP contribution in [0.4, 0.5) is 0 Å². The third kappa shape index (κ3) is 5.45. The van der Waals surface area contributed by atoms with E-state index in [9.17, 15) is 23.4 Å². The molecule has 36 heavy (non-hydrogen) atoms. The first-order chi connectivity index (χ1) is 17.1. The zero-order valence-corrected chi connectivity index (χ0v) is 21.2. The van der Waals surface area contributed by atoms with Crippen LogP contribution >= 0.6 is 11.5 Å². The number of amides is 1. The molecule has 0 aliphatic heterocycles. The van der Waals surface area contributed by atoms with E-state index in [1.54, 1.807) is 24.5 Å². The van der Waals surface area contributed by atoms with E-state index in [1.165, 1.54) is 35.3 Å². The summed E-state index contributed by atoms with van der Waals surface area (Å²) in [6, 6.07) is 13.6. The molecule has 4 aromatic rings. The normalized spacial score (nSPS) is 14.2. The van der Waals surface area contributed by atoms with Gasteiger partial charge in [0.15, 0.2) is 9.84 Å². The number of aromatic nitrogens is 4. The van der Waals surface area contributed by atoms with Crippen LogP contribution in [0.2, 0.25) is 0 Å². The van der Waals surface area contributed by atoms with Gasteiger partial charge in [-0.2, -0.15) is 5.10 Å². The van der Waals surface area contributed by atoms with Gasteiger partial charge in [0.2, 0.25) is 0 Å². The van der Waals surface area contributed by atoms with Crippen molar-refractivity contribution < 1.29 is 23.4 Å². The summed E-state index contributed by atoms with van der Waals surface area (Å²) < 4.78 is 28.9. The fraction of sp³-hybridized carbons (Fsp3) is 0.250. The Morgan fingerprint density at radius 2 is 1.83 bits per heavy atom. The number of para-hydroxylation sites is 1. The number of nitrogens with zero attached hydrogens (tertiary/aromatic N) is 4. The average Bonchev–Trinajstić information content (AvgIpc) is 3.55. The molecule has 2 heterocycles. The molecule has 0 bridgehead atoms. The molecule has 2 atom stereocenters. The van der Waals surface area contributed by atoms with Crippen LogP contribution in [0.1, 0.15) is 29.9 Å². The summed E-state index contributed by atoms with van der Waals surface area (Å²) in [5, 5.41) is 33.4. The molecule has 12 heteroatoms. The van der Waals surface area contributed by atoms with Gasteiger partial charge in [0.1, 0.15) is 17.7 Å². The average molecular weight is 528 g/mol. The zero-order valence-electron chi connectivity index (χ0n) is 19.6. The molecule has 188 valence electrons. The molecule has 0 fully saturated rings. The molecule has 3 N–H and O–H groups in total. The van der Waals surface area contributed by atoms with Crippen LogP contribution in [0.25, 0.3) is 22.4 Å². The number of hydrogen-bond acceptors (Lipinski definition) is 9. The smallest absolute Gasteiger partial charge is 0.255 e. The number of phenolic OH excluding ortho intramolecular Hbond substituents is 1. The molecule has 0 radical (unpaired) electrons. The van der Waals surface area contributed by atoms with Crippen molar-refractivity contribution in [3.63, 3.8) is 0 Å². The molecule has 2 aromatic carbocycles. The zero-order chi connectivity index (χ0) is 25.9. The van der Waals surface area contributed by atoms with Crippen molar-refractivity contribution in [3.8, 4) is 28.1 Å². The molecule has 0 saturated heterocycles.